The van der Waals surface area contributed by atoms with Gasteiger partial charge in [0.1, 0.15) is 5.75 Å². The van der Waals surface area contributed by atoms with Crippen LogP contribution in [0.1, 0.15) is 15.2 Å². The molecule has 0 saturated heterocycles. The molecule has 0 spiro atoms. The summed E-state index contributed by atoms with van der Waals surface area (Å²) < 4.78 is 6.32. The third-order valence-corrected chi connectivity index (χ3v) is 4.46. The standard InChI is InChI=1S/C15H15BrN2O3S/c1-18(8-10-6-7-13(16)22-10)15(20)11-4-2-3-5-12(11)21-9-14(17)19/h2-7H,8-9H2,1H3,(H2,17,19). The minimum absolute atomic E-state index is 0.176. The van der Waals surface area contributed by atoms with Crippen molar-refractivity contribution in [1.82, 2.24) is 4.90 Å². The van der Waals surface area contributed by atoms with Crippen LogP contribution >= 0.6 is 27.3 Å². The predicted molar refractivity (Wildman–Crippen MR) is 88.9 cm³/mol. The maximum atomic E-state index is 12.5. The number of primary amides is 1. The molecular formula is C15H15BrN2O3S. The molecule has 0 radical (unpaired) electrons. The molecule has 1 aromatic carbocycles. The number of para-hydroxylation sites is 1. The minimum atomic E-state index is -0.584. The summed E-state index contributed by atoms with van der Waals surface area (Å²) in [7, 11) is 1.72. The molecule has 2 rings (SSSR count). The van der Waals surface area contributed by atoms with E-state index in [1.165, 1.54) is 0 Å². The second-order valence-electron chi connectivity index (χ2n) is 4.62. The Labute approximate surface area is 140 Å². The number of carbonyl (C=O) groups is 2. The van der Waals surface area contributed by atoms with Crippen LogP contribution in [0.25, 0.3) is 0 Å². The number of hydrogen-bond donors (Lipinski definition) is 1. The largest absolute Gasteiger partial charge is 0.483 e. The number of nitrogens with zero attached hydrogens (tertiary/aromatic N) is 1. The lowest BCUT2D eigenvalue weighted by Gasteiger charge is -2.18. The number of nitrogens with two attached hydrogens (primary N) is 1. The molecule has 2 N–H and O–H groups in total. The SMILES string of the molecule is CN(Cc1ccc(Br)s1)C(=O)c1ccccc1OCC(N)=O. The molecule has 5 nitrogen and oxygen atoms in total. The van der Waals surface area contributed by atoms with Crippen LogP contribution in [0.15, 0.2) is 40.2 Å². The zero-order valence-corrected chi connectivity index (χ0v) is 14.3. The van der Waals surface area contributed by atoms with Crippen molar-refractivity contribution in [3.05, 3.63) is 50.6 Å². The third kappa shape index (κ3) is 4.32. The van der Waals surface area contributed by atoms with Crippen LogP contribution in [0.5, 0.6) is 5.75 Å². The first-order chi connectivity index (χ1) is 10.5. The topological polar surface area (TPSA) is 72.6 Å². The highest BCUT2D eigenvalue weighted by molar-refractivity contribution is 9.11. The van der Waals surface area contributed by atoms with E-state index >= 15 is 0 Å². The first kappa shape index (κ1) is 16.5. The van der Waals surface area contributed by atoms with Gasteiger partial charge in [-0.25, -0.2) is 0 Å². The average molecular weight is 383 g/mol. The molecule has 1 aromatic heterocycles. The molecule has 7 heteroatoms. The van der Waals surface area contributed by atoms with Gasteiger partial charge in [0.2, 0.25) is 0 Å². The predicted octanol–water partition coefficient (Wildman–Crippen LogP) is 2.65. The molecule has 1 heterocycles. The Hall–Kier alpha value is -1.86. The van der Waals surface area contributed by atoms with E-state index in [4.69, 9.17) is 10.5 Å². The summed E-state index contributed by atoms with van der Waals surface area (Å²) in [5, 5.41) is 0. The lowest BCUT2D eigenvalue weighted by atomic mass is 10.1. The van der Waals surface area contributed by atoms with Gasteiger partial charge in [-0.1, -0.05) is 12.1 Å². The molecule has 2 aromatic rings. The molecule has 0 fully saturated rings. The highest BCUT2D eigenvalue weighted by Gasteiger charge is 2.17. The van der Waals surface area contributed by atoms with Crippen LogP contribution in [0.4, 0.5) is 0 Å². The van der Waals surface area contributed by atoms with E-state index in [1.54, 1.807) is 47.5 Å². The van der Waals surface area contributed by atoms with Crippen molar-refractivity contribution in [2.75, 3.05) is 13.7 Å². The number of hydrogen-bond acceptors (Lipinski definition) is 4. The number of rotatable bonds is 6. The fourth-order valence-electron chi connectivity index (χ4n) is 1.87. The quantitative estimate of drug-likeness (QED) is 0.834. The molecule has 0 saturated carbocycles. The van der Waals surface area contributed by atoms with Gasteiger partial charge in [-0.15, -0.1) is 11.3 Å². The van der Waals surface area contributed by atoms with Crippen LogP contribution < -0.4 is 10.5 Å². The molecular weight excluding hydrogens is 368 g/mol. The number of ether oxygens (including phenoxy) is 1. The van der Waals surface area contributed by atoms with Gasteiger partial charge >= 0.3 is 0 Å². The van der Waals surface area contributed by atoms with E-state index in [-0.39, 0.29) is 12.5 Å². The first-order valence-electron chi connectivity index (χ1n) is 6.47. The van der Waals surface area contributed by atoms with Crippen molar-refractivity contribution in [3.8, 4) is 5.75 Å². The van der Waals surface area contributed by atoms with Crippen LogP contribution in [0.2, 0.25) is 0 Å². The van der Waals surface area contributed by atoms with E-state index in [0.717, 1.165) is 8.66 Å². The van der Waals surface area contributed by atoms with E-state index in [1.807, 2.05) is 12.1 Å². The maximum absolute atomic E-state index is 12.5. The van der Waals surface area contributed by atoms with Crippen molar-refractivity contribution >= 4 is 39.1 Å². The van der Waals surface area contributed by atoms with Crippen LogP contribution in [0, 0.1) is 0 Å². The van der Waals surface area contributed by atoms with Crippen LogP contribution in [0.3, 0.4) is 0 Å². The Bertz CT molecular complexity index is 687. The van der Waals surface area contributed by atoms with Crippen molar-refractivity contribution in [2.45, 2.75) is 6.54 Å². The molecule has 116 valence electrons. The normalized spacial score (nSPS) is 10.3. The average Bonchev–Trinajstić information content (AvgIpc) is 2.89. The number of benzene rings is 1. The molecule has 0 bridgehead atoms. The molecule has 0 aliphatic rings. The van der Waals surface area contributed by atoms with Gasteiger partial charge in [-0.05, 0) is 40.2 Å². The number of carbonyl (C=O) groups excluding carboxylic acids is 2. The third-order valence-electron chi connectivity index (χ3n) is 2.86. The Kier molecular flexibility index (Phi) is 5.57. The molecule has 2 amide bonds. The summed E-state index contributed by atoms with van der Waals surface area (Å²) in [6.07, 6.45) is 0. The van der Waals surface area contributed by atoms with Gasteiger partial charge < -0.3 is 15.4 Å². The molecule has 0 aliphatic carbocycles. The summed E-state index contributed by atoms with van der Waals surface area (Å²) in [6.45, 7) is 0.241. The van der Waals surface area contributed by atoms with Gasteiger partial charge in [-0.3, -0.25) is 9.59 Å². The van der Waals surface area contributed by atoms with Crippen LogP contribution in [-0.2, 0) is 11.3 Å². The lowest BCUT2D eigenvalue weighted by molar-refractivity contribution is -0.119. The Balaban J connectivity index is 2.12. The Morgan fingerprint density at radius 1 is 1.27 bits per heavy atom. The van der Waals surface area contributed by atoms with Crippen LogP contribution in [-0.4, -0.2) is 30.4 Å². The Morgan fingerprint density at radius 3 is 2.64 bits per heavy atom. The summed E-state index contributed by atoms with van der Waals surface area (Å²) in [6, 6.07) is 10.7. The number of amides is 2. The zero-order valence-electron chi connectivity index (χ0n) is 11.9. The second-order valence-corrected chi connectivity index (χ2v) is 7.17. The molecule has 22 heavy (non-hydrogen) atoms. The van der Waals surface area contributed by atoms with Gasteiger partial charge in [-0.2, -0.15) is 0 Å². The summed E-state index contributed by atoms with van der Waals surface area (Å²) in [5.74, 6) is -0.408. The van der Waals surface area contributed by atoms with Gasteiger partial charge in [0.15, 0.2) is 6.61 Å². The van der Waals surface area contributed by atoms with E-state index in [2.05, 4.69) is 15.9 Å². The van der Waals surface area contributed by atoms with Crippen molar-refractivity contribution in [3.63, 3.8) is 0 Å². The maximum Gasteiger partial charge on any atom is 0.257 e. The zero-order chi connectivity index (χ0) is 16.1. The fourth-order valence-corrected chi connectivity index (χ4v) is 3.40. The summed E-state index contributed by atoms with van der Waals surface area (Å²) in [5.41, 5.74) is 5.47. The fraction of sp³-hybridized carbons (Fsp3) is 0.200. The van der Waals surface area contributed by atoms with Gasteiger partial charge in [0.05, 0.1) is 15.9 Å². The second kappa shape index (κ2) is 7.42. The van der Waals surface area contributed by atoms with Crippen molar-refractivity contribution in [1.29, 1.82) is 0 Å². The lowest BCUT2D eigenvalue weighted by Crippen LogP contribution is -2.27. The molecule has 0 atom stereocenters. The molecule has 0 aliphatic heterocycles. The first-order valence-corrected chi connectivity index (χ1v) is 8.08. The highest BCUT2D eigenvalue weighted by Crippen LogP contribution is 2.25. The smallest absolute Gasteiger partial charge is 0.257 e. The highest BCUT2D eigenvalue weighted by atomic mass is 79.9. The van der Waals surface area contributed by atoms with E-state index < -0.39 is 5.91 Å². The monoisotopic (exact) mass is 382 g/mol. The molecule has 0 unspecified atom stereocenters. The summed E-state index contributed by atoms with van der Waals surface area (Å²) >= 11 is 4.98. The van der Waals surface area contributed by atoms with E-state index in [9.17, 15) is 9.59 Å². The van der Waals surface area contributed by atoms with Crippen molar-refractivity contribution in [2.24, 2.45) is 5.73 Å². The minimum Gasteiger partial charge on any atom is -0.483 e. The summed E-state index contributed by atoms with van der Waals surface area (Å²) in [4.78, 5) is 26.0. The van der Waals surface area contributed by atoms with E-state index in [0.29, 0.717) is 17.9 Å². The Morgan fingerprint density at radius 2 is 2.00 bits per heavy atom. The van der Waals surface area contributed by atoms with Crippen molar-refractivity contribution < 1.29 is 14.3 Å². The number of thiophene rings is 1. The van der Waals surface area contributed by atoms with Gasteiger partial charge in [0, 0.05) is 11.9 Å². The number of halogens is 1. The van der Waals surface area contributed by atoms with Gasteiger partial charge in [0.25, 0.3) is 11.8 Å².